The minimum absolute atomic E-state index is 0.0317. The molecule has 1 aromatic heterocycles. The van der Waals surface area contributed by atoms with Crippen LogP contribution in [0.5, 0.6) is 0 Å². The maximum Gasteiger partial charge on any atom is 0.289 e. The average Bonchev–Trinajstić information content (AvgIpc) is 3.19. The summed E-state index contributed by atoms with van der Waals surface area (Å²) in [6.07, 6.45) is 5.64. The van der Waals surface area contributed by atoms with Crippen molar-refractivity contribution in [2.45, 2.75) is 45.4 Å². The number of fused-ring (bicyclic) bond motifs is 2. The summed E-state index contributed by atoms with van der Waals surface area (Å²) in [4.78, 5) is 27.8. The molecule has 0 unspecified atom stereocenters. The summed E-state index contributed by atoms with van der Waals surface area (Å²) in [6, 6.07) is 13.5. The smallest absolute Gasteiger partial charge is 0.289 e. The van der Waals surface area contributed by atoms with Crippen molar-refractivity contribution in [2.24, 2.45) is 5.10 Å². The van der Waals surface area contributed by atoms with Crippen LogP contribution < -0.4 is 5.43 Å². The maximum absolute atomic E-state index is 13.0. The zero-order valence-electron chi connectivity index (χ0n) is 18.3. The van der Waals surface area contributed by atoms with Crippen LogP contribution in [0.25, 0.3) is 10.8 Å². The molecule has 6 nitrogen and oxygen atoms in total. The van der Waals surface area contributed by atoms with E-state index < -0.39 is 0 Å². The van der Waals surface area contributed by atoms with Gasteiger partial charge in [-0.15, -0.1) is 0 Å². The zero-order valence-corrected chi connectivity index (χ0v) is 18.3. The summed E-state index contributed by atoms with van der Waals surface area (Å²) in [5.41, 5.74) is 5.82. The molecule has 0 spiro atoms. The molecule has 2 aliphatic rings. The van der Waals surface area contributed by atoms with E-state index in [1.54, 1.807) is 0 Å². The zero-order chi connectivity index (χ0) is 22.1. The van der Waals surface area contributed by atoms with Crippen LogP contribution in [-0.2, 0) is 6.42 Å². The van der Waals surface area contributed by atoms with E-state index in [-0.39, 0.29) is 11.8 Å². The number of piperidine rings is 1. The summed E-state index contributed by atoms with van der Waals surface area (Å²) in [5, 5.41) is 6.39. The van der Waals surface area contributed by atoms with Crippen LogP contribution in [0, 0.1) is 6.92 Å². The normalized spacial score (nSPS) is 17.4. The molecule has 1 aliphatic heterocycles. The Morgan fingerprint density at radius 3 is 2.59 bits per heavy atom. The van der Waals surface area contributed by atoms with Gasteiger partial charge in [0.25, 0.3) is 11.8 Å². The van der Waals surface area contributed by atoms with E-state index in [2.05, 4.69) is 10.5 Å². The van der Waals surface area contributed by atoms with Crippen LogP contribution in [0.1, 0.15) is 69.9 Å². The number of aryl methyl sites for hydroxylation is 1. The standard InChI is InChI=1S/C26H27N3O3/c1-17-23-21(27-28-25(30)20-12-7-10-18-9-3-4-11-19(18)20)13-8-14-22(23)32-24(17)26(31)29-15-5-2-6-16-29/h3-4,7,9-12H,2,5-6,8,13-16H2,1H3,(H,28,30)/b27-21+. The van der Waals surface area contributed by atoms with E-state index in [9.17, 15) is 9.59 Å². The molecule has 6 heteroatoms. The Kier molecular flexibility index (Phi) is 5.52. The average molecular weight is 430 g/mol. The Balaban J connectivity index is 1.42. The number of hydrazone groups is 1. The lowest BCUT2D eigenvalue weighted by atomic mass is 9.93. The Morgan fingerprint density at radius 2 is 1.75 bits per heavy atom. The lowest BCUT2D eigenvalue weighted by Gasteiger charge is -2.25. The largest absolute Gasteiger partial charge is 0.455 e. The van der Waals surface area contributed by atoms with Gasteiger partial charge in [0.2, 0.25) is 0 Å². The first-order chi connectivity index (χ1) is 15.6. The van der Waals surface area contributed by atoms with Gasteiger partial charge < -0.3 is 9.32 Å². The summed E-state index contributed by atoms with van der Waals surface area (Å²) >= 11 is 0. The number of likely N-dealkylation sites (tertiary alicyclic amines) is 1. The summed E-state index contributed by atoms with van der Waals surface area (Å²) in [7, 11) is 0. The van der Waals surface area contributed by atoms with Gasteiger partial charge in [-0.1, -0.05) is 36.4 Å². The molecule has 0 atom stereocenters. The molecule has 32 heavy (non-hydrogen) atoms. The predicted molar refractivity (Wildman–Crippen MR) is 124 cm³/mol. The number of hydrogen-bond donors (Lipinski definition) is 1. The van der Waals surface area contributed by atoms with Crippen LogP contribution >= 0.6 is 0 Å². The second-order valence-electron chi connectivity index (χ2n) is 8.59. The van der Waals surface area contributed by atoms with E-state index in [1.807, 2.05) is 54.3 Å². The minimum atomic E-state index is -0.243. The molecule has 2 aromatic carbocycles. The molecule has 2 amide bonds. The van der Waals surface area contributed by atoms with Crippen LogP contribution in [0.3, 0.4) is 0 Å². The third kappa shape index (κ3) is 3.70. The quantitative estimate of drug-likeness (QED) is 0.606. The Labute approximate surface area is 187 Å². The number of hydrogen-bond acceptors (Lipinski definition) is 4. The highest BCUT2D eigenvalue weighted by molar-refractivity contribution is 6.09. The van der Waals surface area contributed by atoms with E-state index in [1.165, 1.54) is 6.42 Å². The first kappa shape index (κ1) is 20.5. The fourth-order valence-corrected chi connectivity index (χ4v) is 4.83. The predicted octanol–water partition coefficient (Wildman–Crippen LogP) is 4.84. The van der Waals surface area contributed by atoms with Gasteiger partial charge in [-0.25, -0.2) is 5.43 Å². The molecule has 5 rings (SSSR count). The van der Waals surface area contributed by atoms with Crippen molar-refractivity contribution in [3.63, 3.8) is 0 Å². The fourth-order valence-electron chi connectivity index (χ4n) is 4.83. The van der Waals surface area contributed by atoms with Crippen LogP contribution in [0.15, 0.2) is 52.0 Å². The molecular formula is C26H27N3O3. The SMILES string of the molecule is Cc1c(C(=O)N2CCCCC2)oc2c1/C(=N/NC(=O)c1cccc3ccccc13)CCC2. The minimum Gasteiger partial charge on any atom is -0.455 e. The lowest BCUT2D eigenvalue weighted by Crippen LogP contribution is -2.35. The Hall–Kier alpha value is -3.41. The molecule has 2 heterocycles. The van der Waals surface area contributed by atoms with Crippen LogP contribution in [-0.4, -0.2) is 35.5 Å². The van der Waals surface area contributed by atoms with Crippen molar-refractivity contribution in [3.8, 4) is 0 Å². The number of amides is 2. The van der Waals surface area contributed by atoms with Crippen molar-refractivity contribution < 1.29 is 14.0 Å². The molecule has 0 radical (unpaired) electrons. The molecular weight excluding hydrogens is 402 g/mol. The monoisotopic (exact) mass is 429 g/mol. The highest BCUT2D eigenvalue weighted by Crippen LogP contribution is 2.31. The third-order valence-corrected chi connectivity index (χ3v) is 6.49. The van der Waals surface area contributed by atoms with Gasteiger partial charge in [-0.2, -0.15) is 5.10 Å². The van der Waals surface area contributed by atoms with Crippen molar-refractivity contribution in [3.05, 3.63) is 70.7 Å². The number of carbonyl (C=O) groups excluding carboxylic acids is 2. The van der Waals surface area contributed by atoms with Gasteiger partial charge in [0.1, 0.15) is 5.76 Å². The van der Waals surface area contributed by atoms with Gasteiger partial charge in [0, 0.05) is 36.2 Å². The van der Waals surface area contributed by atoms with Gasteiger partial charge >= 0.3 is 0 Å². The van der Waals surface area contributed by atoms with Crippen molar-refractivity contribution in [1.82, 2.24) is 10.3 Å². The van der Waals surface area contributed by atoms with Crippen molar-refractivity contribution in [1.29, 1.82) is 0 Å². The molecule has 1 saturated heterocycles. The first-order valence-corrected chi connectivity index (χ1v) is 11.4. The summed E-state index contributed by atoms with van der Waals surface area (Å²) in [5.74, 6) is 0.946. The topological polar surface area (TPSA) is 74.9 Å². The first-order valence-electron chi connectivity index (χ1n) is 11.4. The maximum atomic E-state index is 13.0. The number of nitrogens with zero attached hydrogens (tertiary/aromatic N) is 2. The van der Waals surface area contributed by atoms with Gasteiger partial charge in [0.05, 0.1) is 5.71 Å². The van der Waals surface area contributed by atoms with Crippen LogP contribution in [0.4, 0.5) is 0 Å². The highest BCUT2D eigenvalue weighted by atomic mass is 16.4. The third-order valence-electron chi connectivity index (χ3n) is 6.49. The fraction of sp³-hybridized carbons (Fsp3) is 0.346. The molecule has 0 saturated carbocycles. The second-order valence-corrected chi connectivity index (χ2v) is 8.59. The number of nitrogens with one attached hydrogen (secondary N) is 1. The highest BCUT2D eigenvalue weighted by Gasteiger charge is 2.30. The van der Waals surface area contributed by atoms with Crippen LogP contribution in [0.2, 0.25) is 0 Å². The van der Waals surface area contributed by atoms with E-state index in [0.29, 0.717) is 11.3 Å². The second kappa shape index (κ2) is 8.61. The van der Waals surface area contributed by atoms with Crippen molar-refractivity contribution in [2.75, 3.05) is 13.1 Å². The van der Waals surface area contributed by atoms with E-state index in [4.69, 9.17) is 4.42 Å². The number of carbonyl (C=O) groups is 2. The number of furan rings is 1. The van der Waals surface area contributed by atoms with Gasteiger partial charge in [0.15, 0.2) is 5.76 Å². The molecule has 3 aromatic rings. The summed E-state index contributed by atoms with van der Waals surface area (Å²) in [6.45, 7) is 3.49. The molecule has 0 bridgehead atoms. The number of benzene rings is 2. The van der Waals surface area contributed by atoms with Gasteiger partial charge in [-0.3, -0.25) is 9.59 Å². The van der Waals surface area contributed by atoms with Crippen molar-refractivity contribution >= 4 is 28.3 Å². The Bertz CT molecular complexity index is 1210. The molecule has 164 valence electrons. The molecule has 1 aliphatic carbocycles. The number of rotatable bonds is 3. The lowest BCUT2D eigenvalue weighted by molar-refractivity contribution is 0.0689. The molecule has 1 N–H and O–H groups in total. The van der Waals surface area contributed by atoms with Gasteiger partial charge in [-0.05, 0) is 55.9 Å². The summed E-state index contributed by atoms with van der Waals surface area (Å²) < 4.78 is 6.05. The molecule has 1 fully saturated rings. The van der Waals surface area contributed by atoms with E-state index >= 15 is 0 Å². The van der Waals surface area contributed by atoms with E-state index in [0.717, 1.165) is 78.6 Å². The Morgan fingerprint density at radius 1 is 0.969 bits per heavy atom.